The molecule has 2 aromatic rings. The lowest BCUT2D eigenvalue weighted by atomic mass is 10.0. The number of hydrogen-bond donors (Lipinski definition) is 0. The Balaban J connectivity index is 2.07. The van der Waals surface area contributed by atoms with Crippen LogP contribution in [0.4, 0.5) is 24.0 Å². The molecule has 0 unspecified atom stereocenters. The van der Waals surface area contributed by atoms with Gasteiger partial charge >= 0.3 is 6.18 Å². The van der Waals surface area contributed by atoms with Crippen LogP contribution in [-0.2, 0) is 12.6 Å². The summed E-state index contributed by atoms with van der Waals surface area (Å²) in [4.78, 5) is 6.04. The van der Waals surface area contributed by atoms with Crippen molar-refractivity contribution in [3.63, 3.8) is 0 Å². The SMILES string of the molecule is Cc1nsc(N2CCc3c2cccc3C(F)(F)F)n1. The Bertz CT molecular complexity index is 621. The zero-order chi connectivity index (χ0) is 13.6. The Morgan fingerprint density at radius 1 is 1.32 bits per heavy atom. The molecule has 19 heavy (non-hydrogen) atoms. The fraction of sp³-hybridized carbons (Fsp3) is 0.333. The summed E-state index contributed by atoms with van der Waals surface area (Å²) in [5.41, 5.74) is 0.391. The summed E-state index contributed by atoms with van der Waals surface area (Å²) in [5, 5.41) is 0.649. The van der Waals surface area contributed by atoms with E-state index >= 15 is 0 Å². The van der Waals surface area contributed by atoms with Gasteiger partial charge in [0.2, 0.25) is 5.13 Å². The van der Waals surface area contributed by atoms with Gasteiger partial charge in [0.25, 0.3) is 0 Å². The minimum atomic E-state index is -4.31. The molecule has 0 atom stereocenters. The molecule has 7 heteroatoms. The van der Waals surface area contributed by atoms with E-state index in [0.717, 1.165) is 6.07 Å². The van der Waals surface area contributed by atoms with Crippen LogP contribution in [-0.4, -0.2) is 15.9 Å². The van der Waals surface area contributed by atoms with Crippen molar-refractivity contribution < 1.29 is 13.2 Å². The van der Waals surface area contributed by atoms with Gasteiger partial charge in [-0.2, -0.15) is 17.5 Å². The maximum atomic E-state index is 12.9. The Labute approximate surface area is 111 Å². The van der Waals surface area contributed by atoms with Gasteiger partial charge in [0.15, 0.2) is 0 Å². The van der Waals surface area contributed by atoms with Crippen LogP contribution in [0.5, 0.6) is 0 Å². The monoisotopic (exact) mass is 285 g/mol. The Kier molecular flexibility index (Phi) is 2.74. The molecule has 0 fully saturated rings. The Morgan fingerprint density at radius 3 is 2.74 bits per heavy atom. The van der Waals surface area contributed by atoms with E-state index in [0.29, 0.717) is 35.2 Å². The Morgan fingerprint density at radius 2 is 2.11 bits per heavy atom. The molecule has 3 nitrogen and oxygen atoms in total. The van der Waals surface area contributed by atoms with Gasteiger partial charge in [0, 0.05) is 23.8 Å². The van der Waals surface area contributed by atoms with E-state index in [1.54, 1.807) is 17.9 Å². The lowest BCUT2D eigenvalue weighted by molar-refractivity contribution is -0.138. The predicted molar refractivity (Wildman–Crippen MR) is 66.8 cm³/mol. The van der Waals surface area contributed by atoms with E-state index in [1.165, 1.54) is 17.6 Å². The lowest BCUT2D eigenvalue weighted by Crippen LogP contribution is -2.12. The van der Waals surface area contributed by atoms with Crippen molar-refractivity contribution in [2.24, 2.45) is 0 Å². The molecule has 0 saturated carbocycles. The second-order valence-electron chi connectivity index (χ2n) is 4.33. The highest BCUT2D eigenvalue weighted by atomic mass is 32.1. The van der Waals surface area contributed by atoms with Gasteiger partial charge in [0.1, 0.15) is 5.82 Å². The van der Waals surface area contributed by atoms with Gasteiger partial charge in [-0.3, -0.25) is 0 Å². The number of halogens is 3. The van der Waals surface area contributed by atoms with E-state index in [1.807, 2.05) is 0 Å². The van der Waals surface area contributed by atoms with Crippen LogP contribution in [0.15, 0.2) is 18.2 Å². The molecule has 0 bridgehead atoms. The van der Waals surface area contributed by atoms with Crippen molar-refractivity contribution in [3.05, 3.63) is 35.2 Å². The highest BCUT2D eigenvalue weighted by Gasteiger charge is 2.37. The molecule has 3 rings (SSSR count). The van der Waals surface area contributed by atoms with Gasteiger partial charge < -0.3 is 4.90 Å². The average Bonchev–Trinajstić information content (AvgIpc) is 2.92. The standard InChI is InChI=1S/C12H10F3N3S/c1-7-16-11(19-17-7)18-6-5-8-9(12(13,14)15)3-2-4-10(8)18/h2-4H,5-6H2,1H3. The van der Waals surface area contributed by atoms with Crippen LogP contribution in [0.25, 0.3) is 0 Å². The summed E-state index contributed by atoms with van der Waals surface area (Å²) in [7, 11) is 0. The molecule has 1 aromatic heterocycles. The summed E-state index contributed by atoms with van der Waals surface area (Å²) in [6.07, 6.45) is -3.93. The van der Waals surface area contributed by atoms with Crippen LogP contribution in [0, 0.1) is 6.92 Å². The van der Waals surface area contributed by atoms with E-state index in [4.69, 9.17) is 0 Å². The van der Waals surface area contributed by atoms with Crippen molar-refractivity contribution in [2.75, 3.05) is 11.4 Å². The fourth-order valence-electron chi connectivity index (χ4n) is 2.29. The van der Waals surface area contributed by atoms with Crippen molar-refractivity contribution in [1.29, 1.82) is 0 Å². The number of aryl methyl sites for hydroxylation is 1. The van der Waals surface area contributed by atoms with Crippen LogP contribution < -0.4 is 4.90 Å². The summed E-state index contributed by atoms with van der Waals surface area (Å²) < 4.78 is 42.9. The van der Waals surface area contributed by atoms with Crippen molar-refractivity contribution in [3.8, 4) is 0 Å². The molecule has 0 radical (unpaired) electrons. The largest absolute Gasteiger partial charge is 0.416 e. The molecular weight excluding hydrogens is 275 g/mol. The number of alkyl halides is 3. The van der Waals surface area contributed by atoms with E-state index < -0.39 is 11.7 Å². The molecule has 0 saturated heterocycles. The number of benzene rings is 1. The molecule has 0 spiro atoms. The first-order valence-corrected chi connectivity index (χ1v) is 6.51. The lowest BCUT2D eigenvalue weighted by Gasteiger charge is -2.16. The molecule has 1 aliphatic rings. The van der Waals surface area contributed by atoms with Crippen LogP contribution >= 0.6 is 11.5 Å². The number of hydrogen-bond acceptors (Lipinski definition) is 4. The van der Waals surface area contributed by atoms with E-state index in [9.17, 15) is 13.2 Å². The predicted octanol–water partition coefficient (Wildman–Crippen LogP) is 3.56. The normalized spacial score (nSPS) is 14.8. The van der Waals surface area contributed by atoms with E-state index in [2.05, 4.69) is 9.36 Å². The van der Waals surface area contributed by atoms with Crippen molar-refractivity contribution in [1.82, 2.24) is 9.36 Å². The number of rotatable bonds is 1. The highest BCUT2D eigenvalue weighted by Crippen LogP contribution is 2.42. The van der Waals surface area contributed by atoms with E-state index in [-0.39, 0.29) is 0 Å². The number of anilines is 2. The maximum absolute atomic E-state index is 12.9. The summed E-state index contributed by atoms with van der Waals surface area (Å²) in [5.74, 6) is 0.639. The first-order chi connectivity index (χ1) is 8.97. The quantitative estimate of drug-likeness (QED) is 0.802. The van der Waals surface area contributed by atoms with Gasteiger partial charge in [-0.15, -0.1) is 0 Å². The van der Waals surface area contributed by atoms with Gasteiger partial charge in [-0.1, -0.05) is 6.07 Å². The number of aromatic nitrogens is 2. The first kappa shape index (κ1) is 12.4. The van der Waals surface area contributed by atoms with Crippen molar-refractivity contribution >= 4 is 22.4 Å². The minimum Gasteiger partial charge on any atom is -0.316 e. The van der Waals surface area contributed by atoms with Gasteiger partial charge in [-0.05, 0) is 31.0 Å². The van der Waals surface area contributed by atoms with Crippen LogP contribution in [0.2, 0.25) is 0 Å². The summed E-state index contributed by atoms with van der Waals surface area (Å²) >= 11 is 1.21. The summed E-state index contributed by atoms with van der Waals surface area (Å²) in [6.45, 7) is 2.28. The second kappa shape index (κ2) is 4.19. The van der Waals surface area contributed by atoms with Gasteiger partial charge in [-0.25, -0.2) is 4.98 Å². The highest BCUT2D eigenvalue weighted by molar-refractivity contribution is 7.09. The summed E-state index contributed by atoms with van der Waals surface area (Å²) in [6, 6.07) is 4.27. The first-order valence-electron chi connectivity index (χ1n) is 5.74. The number of nitrogens with zero attached hydrogens (tertiary/aromatic N) is 3. The molecule has 0 aliphatic carbocycles. The third kappa shape index (κ3) is 2.07. The zero-order valence-electron chi connectivity index (χ0n) is 10.0. The van der Waals surface area contributed by atoms with Crippen LogP contribution in [0.1, 0.15) is 17.0 Å². The molecule has 100 valence electrons. The fourth-order valence-corrected chi connectivity index (χ4v) is 3.01. The topological polar surface area (TPSA) is 29.0 Å². The smallest absolute Gasteiger partial charge is 0.316 e. The third-order valence-corrected chi connectivity index (χ3v) is 3.91. The zero-order valence-corrected chi connectivity index (χ0v) is 10.8. The molecule has 0 N–H and O–H groups in total. The minimum absolute atomic E-state index is 0.350. The molecule has 1 aromatic carbocycles. The maximum Gasteiger partial charge on any atom is 0.416 e. The van der Waals surface area contributed by atoms with Gasteiger partial charge in [0.05, 0.1) is 5.56 Å². The van der Waals surface area contributed by atoms with Crippen molar-refractivity contribution in [2.45, 2.75) is 19.5 Å². The molecule has 0 amide bonds. The van der Waals surface area contributed by atoms with Crippen LogP contribution in [0.3, 0.4) is 0 Å². The molecule has 2 heterocycles. The average molecular weight is 285 g/mol. The third-order valence-electron chi connectivity index (χ3n) is 3.08. The number of fused-ring (bicyclic) bond motifs is 1. The molecule has 1 aliphatic heterocycles. The molecular formula is C12H10F3N3S. The second-order valence-corrected chi connectivity index (χ2v) is 5.06. The Hall–Kier alpha value is -1.63.